The van der Waals surface area contributed by atoms with Gasteiger partial charge in [0.15, 0.2) is 0 Å². The first kappa shape index (κ1) is 26.4. The van der Waals surface area contributed by atoms with Gasteiger partial charge in [0.1, 0.15) is 11.9 Å². The fourth-order valence-electron chi connectivity index (χ4n) is 3.33. The van der Waals surface area contributed by atoms with Gasteiger partial charge in [0.25, 0.3) is 15.1 Å². The number of nitrogen functional groups attached to an aromatic ring is 1. The summed E-state index contributed by atoms with van der Waals surface area (Å²) < 4.78 is 22.2. The standard InChI is InChI=1S/C14H26N3O11P3/c1-29(22,23)27-30(2,24)28-31(25,26)4-3-8-5-10(12(20)11(8)19)17-6-9(7-18)13(15)16-14(17)21/h6,8,10-12,18-20,22-24H,1-5,7H2,(H,25,26)(H2,15,16,21)/t8-,10+,11?,12+,30?/m0/s1. The van der Waals surface area contributed by atoms with Crippen LogP contribution < -0.4 is 11.4 Å². The summed E-state index contributed by atoms with van der Waals surface area (Å²) in [5.74, 6) is -0.921. The van der Waals surface area contributed by atoms with Crippen LogP contribution in [0, 0.1) is 5.92 Å². The van der Waals surface area contributed by atoms with Crippen molar-refractivity contribution in [1.29, 1.82) is 0 Å². The Balaban J connectivity index is 2.11. The minimum atomic E-state index is -4.56. The summed E-state index contributed by atoms with van der Waals surface area (Å²) >= 11 is 0. The molecule has 0 spiro atoms. The smallest absolute Gasteiger partial charge is 0.349 e. The van der Waals surface area contributed by atoms with Gasteiger partial charge in [0.2, 0.25) is 0 Å². The third-order valence-electron chi connectivity index (χ3n) is 4.66. The fourth-order valence-corrected chi connectivity index (χ4v) is 7.93. The summed E-state index contributed by atoms with van der Waals surface area (Å²) in [6.45, 7) is -0.503. The second kappa shape index (κ2) is 9.56. The van der Waals surface area contributed by atoms with Crippen LogP contribution in [0.5, 0.6) is 0 Å². The van der Waals surface area contributed by atoms with Crippen LogP contribution in [-0.2, 0) is 19.8 Å². The van der Waals surface area contributed by atoms with E-state index in [2.05, 4.69) is 26.2 Å². The van der Waals surface area contributed by atoms with Crippen LogP contribution in [0.15, 0.2) is 11.0 Å². The zero-order valence-electron chi connectivity index (χ0n) is 16.2. The van der Waals surface area contributed by atoms with Gasteiger partial charge >= 0.3 is 13.3 Å². The molecule has 0 aromatic carbocycles. The van der Waals surface area contributed by atoms with Crippen molar-refractivity contribution in [1.82, 2.24) is 9.55 Å². The van der Waals surface area contributed by atoms with Crippen LogP contribution in [0.25, 0.3) is 0 Å². The van der Waals surface area contributed by atoms with Crippen molar-refractivity contribution >= 4 is 41.1 Å². The van der Waals surface area contributed by atoms with Crippen molar-refractivity contribution in [3.8, 4) is 0 Å². The van der Waals surface area contributed by atoms with Crippen molar-refractivity contribution < 1.29 is 48.1 Å². The molecule has 6 atom stereocenters. The van der Waals surface area contributed by atoms with Crippen LogP contribution in [0.3, 0.4) is 0 Å². The molecule has 1 aliphatic carbocycles. The summed E-state index contributed by atoms with van der Waals surface area (Å²) in [4.78, 5) is 53.7. The number of aliphatic hydroxyl groups is 3. The zero-order valence-corrected chi connectivity index (χ0v) is 18.9. The molecule has 1 fully saturated rings. The highest BCUT2D eigenvalue weighted by Gasteiger charge is 2.44. The van der Waals surface area contributed by atoms with Gasteiger partial charge in [-0.25, -0.2) is 13.4 Å². The Morgan fingerprint density at radius 2 is 1.81 bits per heavy atom. The highest BCUT2D eigenvalue weighted by atomic mass is 31.3. The molecule has 2 rings (SSSR count). The molecule has 0 saturated heterocycles. The summed E-state index contributed by atoms with van der Waals surface area (Å²) in [6.07, 6.45) is 3.53. The van der Waals surface area contributed by atoms with Crippen LogP contribution >= 0.6 is 22.7 Å². The Morgan fingerprint density at radius 1 is 1.19 bits per heavy atom. The van der Waals surface area contributed by atoms with Crippen molar-refractivity contribution in [3.63, 3.8) is 0 Å². The van der Waals surface area contributed by atoms with Crippen LogP contribution in [0.2, 0.25) is 0 Å². The quantitative estimate of drug-likeness (QED) is 0.180. The summed E-state index contributed by atoms with van der Waals surface area (Å²) in [5, 5.41) is 30.0. The van der Waals surface area contributed by atoms with Gasteiger partial charge in [0.05, 0.1) is 24.9 Å². The second-order valence-electron chi connectivity index (χ2n) is 7.16. The Morgan fingerprint density at radius 3 is 2.35 bits per heavy atom. The second-order valence-corrected chi connectivity index (χ2v) is 12.8. The molecule has 9 N–H and O–H groups in total. The molecular formula is C14H26N3O11P3. The lowest BCUT2D eigenvalue weighted by molar-refractivity contribution is 0.00496. The first-order chi connectivity index (χ1) is 14.1. The zero-order chi connectivity index (χ0) is 23.8. The molecule has 1 heterocycles. The van der Waals surface area contributed by atoms with Crippen molar-refractivity contribution in [2.75, 3.05) is 11.9 Å². The summed E-state index contributed by atoms with van der Waals surface area (Å²) in [6, 6.07) is -0.939. The Labute approximate surface area is 177 Å². The molecule has 1 aromatic heterocycles. The van der Waals surface area contributed by atoms with Crippen LogP contribution in [-0.4, -0.2) is 75.4 Å². The van der Waals surface area contributed by atoms with E-state index in [1.54, 1.807) is 0 Å². The maximum Gasteiger partial charge on any atom is 0.349 e. The summed E-state index contributed by atoms with van der Waals surface area (Å²) in [7, 11) is -13.1. The fraction of sp³-hybridized carbons (Fsp3) is 0.571. The topological polar surface area (TPSA) is 238 Å². The van der Waals surface area contributed by atoms with E-state index in [1.807, 2.05) is 0 Å². The number of aliphatic hydroxyl groups excluding tert-OH is 3. The molecule has 178 valence electrons. The van der Waals surface area contributed by atoms with Crippen molar-refractivity contribution in [2.45, 2.75) is 37.7 Å². The summed E-state index contributed by atoms with van der Waals surface area (Å²) in [5.41, 5.74) is 4.88. The SMILES string of the molecule is C=P(O)(O)OP(=C)(O)OP(=O)(O)CC[C@H]1C[C@@H](n2cc(CO)c(N)nc2=O)[C@@H](O)C1O. The van der Waals surface area contributed by atoms with Gasteiger partial charge in [-0.1, -0.05) is 0 Å². The van der Waals surface area contributed by atoms with Gasteiger partial charge in [-0.05, 0) is 31.4 Å². The van der Waals surface area contributed by atoms with E-state index < -0.39 is 65.4 Å². The number of rotatable bonds is 9. The molecule has 1 saturated carbocycles. The van der Waals surface area contributed by atoms with Crippen molar-refractivity contribution in [3.05, 3.63) is 22.2 Å². The molecule has 0 radical (unpaired) electrons. The lowest BCUT2D eigenvalue weighted by Crippen LogP contribution is -2.35. The van der Waals surface area contributed by atoms with E-state index in [0.29, 0.717) is 0 Å². The van der Waals surface area contributed by atoms with E-state index in [4.69, 9.17) is 15.5 Å². The number of nitrogens with two attached hydrogens (primary N) is 1. The number of hydrogen-bond donors (Lipinski definition) is 8. The highest BCUT2D eigenvalue weighted by Crippen LogP contribution is 2.65. The highest BCUT2D eigenvalue weighted by molar-refractivity contribution is 7.75. The predicted molar refractivity (Wildman–Crippen MR) is 114 cm³/mol. The Bertz CT molecular complexity index is 1010. The van der Waals surface area contributed by atoms with Crippen LogP contribution in [0.1, 0.15) is 24.4 Å². The average molecular weight is 505 g/mol. The molecule has 0 amide bonds. The molecule has 0 bridgehead atoms. The molecule has 17 heteroatoms. The molecule has 1 aliphatic rings. The normalized spacial score (nSPS) is 28.2. The Hall–Kier alpha value is -0.850. The van der Waals surface area contributed by atoms with Crippen molar-refractivity contribution in [2.24, 2.45) is 5.92 Å². The Kier molecular flexibility index (Phi) is 8.14. The van der Waals surface area contributed by atoms with Gasteiger partial charge in [-0.2, -0.15) is 4.98 Å². The molecule has 0 aliphatic heterocycles. The third-order valence-corrected chi connectivity index (χ3v) is 9.59. The number of anilines is 1. The van der Waals surface area contributed by atoms with E-state index in [0.717, 1.165) is 4.57 Å². The minimum absolute atomic E-state index is 0.0137. The molecule has 31 heavy (non-hydrogen) atoms. The lowest BCUT2D eigenvalue weighted by Gasteiger charge is -2.24. The third kappa shape index (κ3) is 7.06. The molecule has 3 unspecified atom stereocenters. The largest absolute Gasteiger partial charge is 0.391 e. The van der Waals surface area contributed by atoms with E-state index in [1.165, 1.54) is 6.20 Å². The molecule has 14 nitrogen and oxygen atoms in total. The molecule has 1 aromatic rings. The molecular weight excluding hydrogens is 479 g/mol. The number of aromatic nitrogens is 2. The maximum absolute atomic E-state index is 12.2. The van der Waals surface area contributed by atoms with E-state index in [-0.39, 0.29) is 24.2 Å². The maximum atomic E-state index is 12.2. The van der Waals surface area contributed by atoms with Gasteiger partial charge < -0.3 is 40.6 Å². The lowest BCUT2D eigenvalue weighted by atomic mass is 10.0. The average Bonchev–Trinajstić information content (AvgIpc) is 2.85. The predicted octanol–water partition coefficient (Wildman–Crippen LogP) is -1.42. The first-order valence-corrected chi connectivity index (χ1v) is 14.1. The number of nitrogens with zero attached hydrogens (tertiary/aromatic N) is 2. The van der Waals surface area contributed by atoms with Gasteiger partial charge in [-0.3, -0.25) is 9.13 Å². The van der Waals surface area contributed by atoms with Gasteiger partial charge in [0, 0.05) is 11.8 Å². The van der Waals surface area contributed by atoms with Crippen LogP contribution in [0.4, 0.5) is 5.82 Å². The monoisotopic (exact) mass is 505 g/mol. The van der Waals surface area contributed by atoms with Gasteiger partial charge in [-0.15, -0.1) is 0 Å². The minimum Gasteiger partial charge on any atom is -0.391 e. The van der Waals surface area contributed by atoms with E-state index >= 15 is 0 Å². The van der Waals surface area contributed by atoms with E-state index in [9.17, 15) is 34.5 Å². The first-order valence-electron chi connectivity index (χ1n) is 8.79. The number of hydrogen-bond acceptors (Lipinski definition) is 12.